The van der Waals surface area contributed by atoms with E-state index >= 15 is 0 Å². The average Bonchev–Trinajstić information content (AvgIpc) is 2.46. The minimum absolute atomic E-state index is 0. The van der Waals surface area contributed by atoms with E-state index in [2.05, 4.69) is 26.6 Å². The van der Waals surface area contributed by atoms with Crippen molar-refractivity contribution in [2.75, 3.05) is 20.2 Å². The molecular weight excluding hydrogens is 356 g/mol. The van der Waals surface area contributed by atoms with Gasteiger partial charge in [-0.25, -0.2) is 0 Å². The minimum atomic E-state index is 0. The Morgan fingerprint density at radius 1 is 1.52 bits per heavy atom. The van der Waals surface area contributed by atoms with E-state index in [-0.39, 0.29) is 18.3 Å². The number of aryl methyl sites for hydroxylation is 1. The van der Waals surface area contributed by atoms with Crippen LogP contribution in [0.3, 0.4) is 0 Å². The summed E-state index contributed by atoms with van der Waals surface area (Å²) in [5.41, 5.74) is 1.13. The molecule has 21 heavy (non-hydrogen) atoms. The lowest BCUT2D eigenvalue weighted by Gasteiger charge is -2.23. The molecule has 0 aliphatic carbocycles. The Morgan fingerprint density at radius 2 is 2.33 bits per heavy atom. The number of piperidine rings is 1. The molecule has 0 radical (unpaired) electrons. The second-order valence-corrected chi connectivity index (χ2v) is 5.93. The zero-order chi connectivity index (χ0) is 14.4. The fourth-order valence-electron chi connectivity index (χ4n) is 2.40. The lowest BCUT2D eigenvalue weighted by molar-refractivity contribution is -0.121. The number of ether oxygens (including phenoxy) is 1. The molecule has 1 unspecified atom stereocenters. The Morgan fingerprint density at radius 3 is 2.95 bits per heavy atom. The molecule has 0 bridgehead atoms. The molecule has 6 heteroatoms. The van der Waals surface area contributed by atoms with E-state index in [1.54, 1.807) is 7.11 Å². The monoisotopic (exact) mass is 376 g/mol. The van der Waals surface area contributed by atoms with E-state index < -0.39 is 0 Å². The van der Waals surface area contributed by atoms with Gasteiger partial charge in [0, 0.05) is 19.0 Å². The smallest absolute Gasteiger partial charge is 0.220 e. The van der Waals surface area contributed by atoms with Crippen LogP contribution in [0.2, 0.25) is 0 Å². The van der Waals surface area contributed by atoms with Gasteiger partial charge >= 0.3 is 0 Å². The highest BCUT2D eigenvalue weighted by molar-refractivity contribution is 9.10. The zero-order valence-corrected chi connectivity index (χ0v) is 14.6. The highest BCUT2D eigenvalue weighted by Gasteiger charge is 2.15. The van der Waals surface area contributed by atoms with Gasteiger partial charge in [-0.1, -0.05) is 6.07 Å². The maximum atomic E-state index is 11.9. The number of methoxy groups -OCH3 is 1. The largest absolute Gasteiger partial charge is 0.496 e. The maximum Gasteiger partial charge on any atom is 0.220 e. The minimum Gasteiger partial charge on any atom is -0.496 e. The summed E-state index contributed by atoms with van der Waals surface area (Å²) in [5.74, 6) is 0.942. The SMILES string of the molecule is COc1ccc(CCC(=O)NC2CCCNC2)cc1Br.Cl. The Balaban J connectivity index is 0.00000220. The van der Waals surface area contributed by atoms with Crippen molar-refractivity contribution >= 4 is 34.2 Å². The number of halogens is 2. The first kappa shape index (κ1) is 18.3. The number of nitrogens with one attached hydrogen (secondary N) is 2. The normalized spacial score (nSPS) is 17.7. The van der Waals surface area contributed by atoms with Gasteiger partial charge in [0.2, 0.25) is 5.91 Å². The summed E-state index contributed by atoms with van der Waals surface area (Å²) in [5, 5.41) is 6.39. The summed E-state index contributed by atoms with van der Waals surface area (Å²) >= 11 is 3.46. The molecule has 1 heterocycles. The molecule has 1 aromatic rings. The van der Waals surface area contributed by atoms with Crippen molar-refractivity contribution in [1.82, 2.24) is 10.6 Å². The summed E-state index contributed by atoms with van der Waals surface area (Å²) in [6, 6.07) is 6.22. The molecule has 1 fully saturated rings. The molecule has 0 saturated carbocycles. The van der Waals surface area contributed by atoms with Crippen molar-refractivity contribution in [3.05, 3.63) is 28.2 Å². The molecule has 2 rings (SSSR count). The van der Waals surface area contributed by atoms with Gasteiger partial charge in [0.05, 0.1) is 11.6 Å². The Kier molecular flexibility index (Phi) is 8.07. The third-order valence-corrected chi connectivity index (χ3v) is 4.14. The summed E-state index contributed by atoms with van der Waals surface area (Å²) in [7, 11) is 1.64. The first-order valence-corrected chi connectivity index (χ1v) is 7.81. The number of benzene rings is 1. The molecule has 2 N–H and O–H groups in total. The van der Waals surface area contributed by atoms with E-state index in [4.69, 9.17) is 4.74 Å². The first-order chi connectivity index (χ1) is 9.69. The van der Waals surface area contributed by atoms with E-state index in [1.807, 2.05) is 18.2 Å². The van der Waals surface area contributed by atoms with Gasteiger partial charge in [-0.15, -0.1) is 12.4 Å². The van der Waals surface area contributed by atoms with Gasteiger partial charge in [-0.05, 0) is 59.4 Å². The number of carbonyl (C=O) groups excluding carboxylic acids is 1. The van der Waals surface area contributed by atoms with E-state index in [0.717, 1.165) is 48.1 Å². The second-order valence-electron chi connectivity index (χ2n) is 5.08. The molecule has 1 saturated heterocycles. The van der Waals surface area contributed by atoms with Crippen LogP contribution in [0.15, 0.2) is 22.7 Å². The third kappa shape index (κ3) is 5.85. The Bertz CT molecular complexity index is 465. The van der Waals surface area contributed by atoms with Crippen molar-refractivity contribution in [2.45, 2.75) is 31.7 Å². The highest BCUT2D eigenvalue weighted by atomic mass is 79.9. The Labute approximate surface area is 140 Å². The average molecular weight is 378 g/mol. The van der Waals surface area contributed by atoms with Crippen LogP contribution in [0.1, 0.15) is 24.8 Å². The molecule has 1 aliphatic heterocycles. The van der Waals surface area contributed by atoms with Crippen LogP contribution in [0.25, 0.3) is 0 Å². The quantitative estimate of drug-likeness (QED) is 0.829. The highest BCUT2D eigenvalue weighted by Crippen LogP contribution is 2.25. The van der Waals surface area contributed by atoms with Crippen LogP contribution in [0.4, 0.5) is 0 Å². The molecule has 1 amide bonds. The summed E-state index contributed by atoms with van der Waals surface area (Å²) in [4.78, 5) is 11.9. The number of carbonyl (C=O) groups is 1. The van der Waals surface area contributed by atoms with E-state index in [1.165, 1.54) is 0 Å². The summed E-state index contributed by atoms with van der Waals surface area (Å²) in [6.45, 7) is 1.95. The van der Waals surface area contributed by atoms with Crippen molar-refractivity contribution < 1.29 is 9.53 Å². The molecular formula is C15H22BrClN2O2. The number of hydrogen-bond acceptors (Lipinski definition) is 3. The fourth-order valence-corrected chi connectivity index (χ4v) is 2.99. The van der Waals surface area contributed by atoms with Crippen LogP contribution in [0, 0.1) is 0 Å². The third-order valence-electron chi connectivity index (χ3n) is 3.52. The lowest BCUT2D eigenvalue weighted by atomic mass is 10.1. The van der Waals surface area contributed by atoms with Gasteiger partial charge in [0.1, 0.15) is 5.75 Å². The predicted molar refractivity (Wildman–Crippen MR) is 90.3 cm³/mol. The van der Waals surface area contributed by atoms with Crippen LogP contribution in [-0.2, 0) is 11.2 Å². The van der Waals surface area contributed by atoms with Crippen molar-refractivity contribution in [1.29, 1.82) is 0 Å². The van der Waals surface area contributed by atoms with Gasteiger partial charge in [0.15, 0.2) is 0 Å². The van der Waals surface area contributed by atoms with Crippen LogP contribution in [0.5, 0.6) is 5.75 Å². The van der Waals surface area contributed by atoms with Crippen LogP contribution < -0.4 is 15.4 Å². The van der Waals surface area contributed by atoms with Crippen molar-refractivity contribution in [3.63, 3.8) is 0 Å². The Hall–Kier alpha value is -0.780. The zero-order valence-electron chi connectivity index (χ0n) is 12.2. The maximum absolute atomic E-state index is 11.9. The lowest BCUT2D eigenvalue weighted by Crippen LogP contribution is -2.45. The van der Waals surface area contributed by atoms with Crippen LogP contribution in [-0.4, -0.2) is 32.1 Å². The van der Waals surface area contributed by atoms with E-state index in [0.29, 0.717) is 12.5 Å². The first-order valence-electron chi connectivity index (χ1n) is 7.01. The number of amides is 1. The van der Waals surface area contributed by atoms with Crippen molar-refractivity contribution in [3.8, 4) is 5.75 Å². The van der Waals surface area contributed by atoms with Gasteiger partial charge in [-0.2, -0.15) is 0 Å². The topological polar surface area (TPSA) is 50.4 Å². The molecule has 1 aliphatic rings. The van der Waals surface area contributed by atoms with Gasteiger partial charge in [-0.3, -0.25) is 4.79 Å². The molecule has 118 valence electrons. The van der Waals surface area contributed by atoms with Gasteiger partial charge in [0.25, 0.3) is 0 Å². The molecule has 4 nitrogen and oxygen atoms in total. The molecule has 0 spiro atoms. The molecule has 1 aromatic carbocycles. The molecule has 0 aromatic heterocycles. The predicted octanol–water partition coefficient (Wildman–Crippen LogP) is 2.68. The fraction of sp³-hybridized carbons (Fsp3) is 0.533. The van der Waals surface area contributed by atoms with Crippen LogP contribution >= 0.6 is 28.3 Å². The molecule has 1 atom stereocenters. The summed E-state index contributed by atoms with van der Waals surface area (Å²) < 4.78 is 6.12. The second kappa shape index (κ2) is 9.28. The van der Waals surface area contributed by atoms with Crippen molar-refractivity contribution in [2.24, 2.45) is 0 Å². The number of hydrogen-bond donors (Lipinski definition) is 2. The van der Waals surface area contributed by atoms with Gasteiger partial charge < -0.3 is 15.4 Å². The number of rotatable bonds is 5. The van der Waals surface area contributed by atoms with E-state index in [9.17, 15) is 4.79 Å². The standard InChI is InChI=1S/C15H21BrN2O2.ClH/c1-20-14-6-4-11(9-13(14)16)5-7-15(19)18-12-3-2-8-17-10-12;/h4,6,9,12,17H,2-3,5,7-8,10H2,1H3,(H,18,19);1H. The summed E-state index contributed by atoms with van der Waals surface area (Å²) in [6.07, 6.45) is 3.48.